The maximum atomic E-state index is 12.2. The Bertz CT molecular complexity index is 1250. The average molecular weight is 479 g/mol. The summed E-state index contributed by atoms with van der Waals surface area (Å²) < 4.78 is 5.31. The second kappa shape index (κ2) is 10.9. The highest BCUT2D eigenvalue weighted by atomic mass is 35.5. The first-order chi connectivity index (χ1) is 16.2. The van der Waals surface area contributed by atoms with Gasteiger partial charge in [0, 0.05) is 16.3 Å². The van der Waals surface area contributed by atoms with Gasteiger partial charge in [-0.1, -0.05) is 11.6 Å². The van der Waals surface area contributed by atoms with Gasteiger partial charge in [0.15, 0.2) is 0 Å². The minimum atomic E-state index is -0.980. The molecule has 0 aromatic heterocycles. The summed E-state index contributed by atoms with van der Waals surface area (Å²) in [6, 6.07) is 18.5. The van der Waals surface area contributed by atoms with E-state index in [0.29, 0.717) is 33.3 Å². The van der Waals surface area contributed by atoms with Crippen molar-refractivity contribution in [2.75, 3.05) is 5.32 Å². The minimum absolute atomic E-state index is 0.272. The molecule has 0 aliphatic rings. The number of hydrogen-bond donors (Lipinski definition) is 3. The second-order valence-corrected chi connectivity index (χ2v) is 7.39. The molecule has 3 aromatic carbocycles. The Morgan fingerprint density at radius 1 is 0.794 bits per heavy atom. The van der Waals surface area contributed by atoms with Crippen molar-refractivity contribution in [2.24, 2.45) is 10.8 Å². The Hall–Kier alpha value is -4.50. The molecule has 0 atom stereocenters. The van der Waals surface area contributed by atoms with E-state index in [1.165, 1.54) is 24.3 Å². The Kier molecular flexibility index (Phi) is 7.73. The Morgan fingerprint density at radius 3 is 1.94 bits per heavy atom. The Labute approximate surface area is 199 Å². The monoisotopic (exact) mass is 478 g/mol. The van der Waals surface area contributed by atoms with Gasteiger partial charge in [-0.15, -0.1) is 0 Å². The quantitative estimate of drug-likeness (QED) is 0.164. The number of hydrazone groups is 1. The maximum Gasteiger partial charge on any atom is 0.343 e. The molecule has 34 heavy (non-hydrogen) atoms. The lowest BCUT2D eigenvalue weighted by atomic mass is 10.1. The fourth-order valence-corrected chi connectivity index (χ4v) is 2.80. The van der Waals surface area contributed by atoms with Crippen molar-refractivity contribution in [3.05, 3.63) is 94.5 Å². The first-order valence-electron chi connectivity index (χ1n) is 9.86. The standard InChI is InChI=1S/C24H19ClN4O5/c1-14(28-29-23(32)22(31)27-19-10-4-16(5-11-19)21(26)30)15-6-12-20(13-7-15)34-24(33)17-2-8-18(25)9-3-17/h2-13H,1H3,(H2,26,30)(H,27,31)(H,29,32)/b28-14+. The predicted molar refractivity (Wildman–Crippen MR) is 127 cm³/mol. The Balaban J connectivity index is 1.55. The van der Waals surface area contributed by atoms with Gasteiger partial charge in [0.25, 0.3) is 0 Å². The molecular formula is C24H19ClN4O5. The zero-order valence-electron chi connectivity index (χ0n) is 17.9. The summed E-state index contributed by atoms with van der Waals surface area (Å²) in [6.07, 6.45) is 0. The number of benzene rings is 3. The number of amides is 3. The average Bonchev–Trinajstić information content (AvgIpc) is 2.83. The number of nitrogens with two attached hydrogens (primary N) is 1. The number of esters is 1. The third-order valence-corrected chi connectivity index (χ3v) is 4.77. The van der Waals surface area contributed by atoms with Crippen LogP contribution in [-0.4, -0.2) is 29.4 Å². The van der Waals surface area contributed by atoms with Crippen LogP contribution in [0.5, 0.6) is 5.75 Å². The van der Waals surface area contributed by atoms with Crippen LogP contribution in [0.15, 0.2) is 77.9 Å². The lowest BCUT2D eigenvalue weighted by molar-refractivity contribution is -0.136. The minimum Gasteiger partial charge on any atom is -0.423 e. The van der Waals surface area contributed by atoms with Gasteiger partial charge in [-0.05, 0) is 85.3 Å². The molecule has 0 heterocycles. The summed E-state index contributed by atoms with van der Waals surface area (Å²) in [7, 11) is 0. The summed E-state index contributed by atoms with van der Waals surface area (Å²) in [5.41, 5.74) is 9.32. The number of anilines is 1. The van der Waals surface area contributed by atoms with Crippen LogP contribution in [0, 0.1) is 0 Å². The summed E-state index contributed by atoms with van der Waals surface area (Å²) in [5, 5.41) is 6.81. The highest BCUT2D eigenvalue weighted by Gasteiger charge is 2.14. The van der Waals surface area contributed by atoms with Crippen molar-refractivity contribution in [2.45, 2.75) is 6.92 Å². The van der Waals surface area contributed by atoms with E-state index in [4.69, 9.17) is 22.1 Å². The molecule has 0 bridgehead atoms. The fourth-order valence-electron chi connectivity index (χ4n) is 2.67. The fraction of sp³-hybridized carbons (Fsp3) is 0.0417. The normalized spacial score (nSPS) is 10.8. The number of primary amides is 1. The highest BCUT2D eigenvalue weighted by Crippen LogP contribution is 2.16. The van der Waals surface area contributed by atoms with Crippen LogP contribution in [0.1, 0.15) is 33.2 Å². The van der Waals surface area contributed by atoms with Gasteiger partial charge < -0.3 is 15.8 Å². The molecule has 4 N–H and O–H groups in total. The molecule has 0 unspecified atom stereocenters. The number of hydrogen-bond acceptors (Lipinski definition) is 6. The van der Waals surface area contributed by atoms with Crippen LogP contribution in [0.2, 0.25) is 5.02 Å². The van der Waals surface area contributed by atoms with Crippen LogP contribution in [0.3, 0.4) is 0 Å². The molecule has 0 aliphatic heterocycles. The molecule has 0 spiro atoms. The second-order valence-electron chi connectivity index (χ2n) is 6.95. The van der Waals surface area contributed by atoms with Gasteiger partial charge in [-0.25, -0.2) is 10.2 Å². The third-order valence-electron chi connectivity index (χ3n) is 4.52. The van der Waals surface area contributed by atoms with Crippen molar-refractivity contribution >= 4 is 46.7 Å². The van der Waals surface area contributed by atoms with Crippen LogP contribution in [0.4, 0.5) is 5.69 Å². The van der Waals surface area contributed by atoms with Gasteiger partial charge in [-0.2, -0.15) is 5.10 Å². The summed E-state index contributed by atoms with van der Waals surface area (Å²) in [6.45, 7) is 1.63. The van der Waals surface area contributed by atoms with E-state index >= 15 is 0 Å². The number of nitrogens with one attached hydrogen (secondary N) is 2. The molecule has 10 heteroatoms. The van der Waals surface area contributed by atoms with Crippen molar-refractivity contribution in [3.63, 3.8) is 0 Å². The number of halogens is 1. The summed E-state index contributed by atoms with van der Waals surface area (Å²) in [4.78, 5) is 47.3. The number of rotatable bonds is 6. The van der Waals surface area contributed by atoms with Gasteiger partial charge in [0.2, 0.25) is 5.91 Å². The van der Waals surface area contributed by atoms with Gasteiger partial charge in [-0.3, -0.25) is 14.4 Å². The first kappa shape index (κ1) is 24.1. The number of ether oxygens (including phenoxy) is 1. The molecular weight excluding hydrogens is 460 g/mol. The highest BCUT2D eigenvalue weighted by molar-refractivity contribution is 6.39. The van der Waals surface area contributed by atoms with Crippen LogP contribution < -0.4 is 21.2 Å². The largest absolute Gasteiger partial charge is 0.423 e. The number of nitrogens with zero attached hydrogens (tertiary/aromatic N) is 1. The van der Waals surface area contributed by atoms with Gasteiger partial charge in [0.1, 0.15) is 5.75 Å². The van der Waals surface area contributed by atoms with E-state index in [-0.39, 0.29) is 5.56 Å². The van der Waals surface area contributed by atoms with E-state index in [0.717, 1.165) is 0 Å². The van der Waals surface area contributed by atoms with Crippen LogP contribution in [-0.2, 0) is 9.59 Å². The van der Waals surface area contributed by atoms with E-state index in [1.54, 1.807) is 55.5 Å². The van der Waals surface area contributed by atoms with Crippen LogP contribution in [0.25, 0.3) is 0 Å². The molecule has 0 fully saturated rings. The molecule has 0 radical (unpaired) electrons. The van der Waals surface area contributed by atoms with Crippen LogP contribution >= 0.6 is 11.6 Å². The lowest BCUT2D eigenvalue weighted by Gasteiger charge is -2.07. The Morgan fingerprint density at radius 2 is 1.35 bits per heavy atom. The van der Waals surface area contributed by atoms with Gasteiger partial charge in [0.05, 0.1) is 11.3 Å². The SMILES string of the molecule is C/C(=N\NC(=O)C(=O)Nc1ccc(C(N)=O)cc1)c1ccc(OC(=O)c2ccc(Cl)cc2)cc1. The summed E-state index contributed by atoms with van der Waals surface area (Å²) in [5.74, 6) is -2.73. The molecule has 3 amide bonds. The van der Waals surface area contributed by atoms with E-state index in [9.17, 15) is 19.2 Å². The van der Waals surface area contributed by atoms with E-state index in [2.05, 4.69) is 15.8 Å². The molecule has 0 aliphatic carbocycles. The lowest BCUT2D eigenvalue weighted by Crippen LogP contribution is -2.33. The molecule has 9 nitrogen and oxygen atoms in total. The number of carbonyl (C=O) groups excluding carboxylic acids is 4. The van der Waals surface area contributed by atoms with E-state index < -0.39 is 23.7 Å². The molecule has 172 valence electrons. The zero-order chi connectivity index (χ0) is 24.7. The molecule has 3 aromatic rings. The number of carbonyl (C=O) groups is 4. The molecule has 3 rings (SSSR count). The molecule has 0 saturated heterocycles. The van der Waals surface area contributed by atoms with Crippen molar-refractivity contribution in [1.82, 2.24) is 5.43 Å². The predicted octanol–water partition coefficient (Wildman–Crippen LogP) is 3.14. The van der Waals surface area contributed by atoms with Crippen molar-refractivity contribution in [3.8, 4) is 5.75 Å². The topological polar surface area (TPSA) is 140 Å². The maximum absolute atomic E-state index is 12.2. The van der Waals surface area contributed by atoms with Crippen molar-refractivity contribution < 1.29 is 23.9 Å². The van der Waals surface area contributed by atoms with Gasteiger partial charge >= 0.3 is 17.8 Å². The van der Waals surface area contributed by atoms with E-state index in [1.807, 2.05) is 0 Å². The molecule has 0 saturated carbocycles. The van der Waals surface area contributed by atoms with Crippen molar-refractivity contribution in [1.29, 1.82) is 0 Å². The first-order valence-corrected chi connectivity index (χ1v) is 10.2. The smallest absolute Gasteiger partial charge is 0.343 e. The summed E-state index contributed by atoms with van der Waals surface area (Å²) >= 11 is 5.81. The third kappa shape index (κ3) is 6.50. The zero-order valence-corrected chi connectivity index (χ0v) is 18.6.